The van der Waals surface area contributed by atoms with Gasteiger partial charge in [0.15, 0.2) is 0 Å². The second-order valence-electron chi connectivity index (χ2n) is 4.14. The van der Waals surface area contributed by atoms with E-state index < -0.39 is 0 Å². The number of carbonyl (C=O) groups excluding carboxylic acids is 1. The molecule has 1 N–H and O–H groups in total. The quantitative estimate of drug-likeness (QED) is 0.935. The standard InChI is InChI=1S/C13H13ClN4O/c1-18(2)12-4-3-10(14)7-11(12)17-13(19)9-5-6-15-16-8-9/h3-8H,1-2H3,(H,17,19). The molecule has 2 rings (SSSR count). The Morgan fingerprint density at radius 2 is 2.05 bits per heavy atom. The van der Waals surface area contributed by atoms with Gasteiger partial charge in [-0.3, -0.25) is 4.79 Å². The van der Waals surface area contributed by atoms with Crippen molar-refractivity contribution >= 4 is 28.9 Å². The molecule has 1 aromatic carbocycles. The molecule has 0 aliphatic rings. The molecule has 0 fully saturated rings. The summed E-state index contributed by atoms with van der Waals surface area (Å²) in [5.41, 5.74) is 1.97. The number of hydrogen-bond acceptors (Lipinski definition) is 4. The Bertz CT molecular complexity index is 586. The van der Waals surface area contributed by atoms with Crippen LogP contribution in [0, 0.1) is 0 Å². The first kappa shape index (κ1) is 13.3. The largest absolute Gasteiger partial charge is 0.376 e. The third-order valence-corrected chi connectivity index (χ3v) is 2.77. The molecule has 0 saturated heterocycles. The number of rotatable bonds is 3. The van der Waals surface area contributed by atoms with Crippen molar-refractivity contribution in [3.8, 4) is 0 Å². The molecule has 0 aliphatic carbocycles. The zero-order valence-corrected chi connectivity index (χ0v) is 11.3. The van der Waals surface area contributed by atoms with E-state index in [2.05, 4.69) is 15.5 Å². The van der Waals surface area contributed by atoms with Gasteiger partial charge in [-0.15, -0.1) is 0 Å². The van der Waals surface area contributed by atoms with E-state index in [0.29, 0.717) is 16.3 Å². The third kappa shape index (κ3) is 3.20. The van der Waals surface area contributed by atoms with Crippen molar-refractivity contribution in [3.63, 3.8) is 0 Å². The van der Waals surface area contributed by atoms with Gasteiger partial charge < -0.3 is 10.2 Å². The lowest BCUT2D eigenvalue weighted by Crippen LogP contribution is -2.17. The van der Waals surface area contributed by atoms with Gasteiger partial charge in [-0.05, 0) is 24.3 Å². The number of nitrogens with zero attached hydrogens (tertiary/aromatic N) is 3. The van der Waals surface area contributed by atoms with E-state index in [1.165, 1.54) is 12.4 Å². The van der Waals surface area contributed by atoms with E-state index in [4.69, 9.17) is 11.6 Å². The van der Waals surface area contributed by atoms with Crippen molar-refractivity contribution in [3.05, 3.63) is 47.2 Å². The maximum absolute atomic E-state index is 12.1. The van der Waals surface area contributed by atoms with Crippen molar-refractivity contribution in [2.24, 2.45) is 0 Å². The summed E-state index contributed by atoms with van der Waals surface area (Å²) in [6, 6.07) is 6.94. The number of benzene rings is 1. The number of nitrogens with one attached hydrogen (secondary N) is 1. The summed E-state index contributed by atoms with van der Waals surface area (Å²) in [6.45, 7) is 0. The summed E-state index contributed by atoms with van der Waals surface area (Å²) in [5.74, 6) is -0.250. The molecular weight excluding hydrogens is 264 g/mol. The van der Waals surface area contributed by atoms with E-state index >= 15 is 0 Å². The third-order valence-electron chi connectivity index (χ3n) is 2.54. The van der Waals surface area contributed by atoms with Crippen molar-refractivity contribution in [2.75, 3.05) is 24.3 Å². The molecule has 19 heavy (non-hydrogen) atoms. The highest BCUT2D eigenvalue weighted by molar-refractivity contribution is 6.31. The van der Waals surface area contributed by atoms with Crippen LogP contribution in [0.4, 0.5) is 11.4 Å². The van der Waals surface area contributed by atoms with Crippen molar-refractivity contribution in [1.29, 1.82) is 0 Å². The molecular formula is C13H13ClN4O. The SMILES string of the molecule is CN(C)c1ccc(Cl)cc1NC(=O)c1ccnnc1. The minimum Gasteiger partial charge on any atom is -0.376 e. The molecule has 98 valence electrons. The van der Waals surface area contributed by atoms with Gasteiger partial charge in [-0.2, -0.15) is 10.2 Å². The van der Waals surface area contributed by atoms with E-state index in [0.717, 1.165) is 5.69 Å². The number of aromatic nitrogens is 2. The van der Waals surface area contributed by atoms with Gasteiger partial charge in [0.1, 0.15) is 0 Å². The van der Waals surface area contributed by atoms with Gasteiger partial charge in [-0.25, -0.2) is 0 Å². The van der Waals surface area contributed by atoms with Crippen LogP contribution in [0.25, 0.3) is 0 Å². The normalized spacial score (nSPS) is 10.1. The van der Waals surface area contributed by atoms with E-state index in [1.807, 2.05) is 25.1 Å². The van der Waals surface area contributed by atoms with Crippen LogP contribution >= 0.6 is 11.6 Å². The van der Waals surface area contributed by atoms with Crippen LogP contribution in [0.3, 0.4) is 0 Å². The van der Waals surface area contributed by atoms with E-state index in [1.54, 1.807) is 18.2 Å². The van der Waals surface area contributed by atoms with Crippen molar-refractivity contribution < 1.29 is 4.79 Å². The lowest BCUT2D eigenvalue weighted by atomic mass is 10.2. The first-order valence-corrected chi connectivity index (χ1v) is 6.00. The molecule has 1 heterocycles. The molecule has 2 aromatic rings. The Hall–Kier alpha value is -2.14. The molecule has 6 heteroatoms. The molecule has 0 atom stereocenters. The van der Waals surface area contributed by atoms with Crippen LogP contribution in [0.2, 0.25) is 5.02 Å². The minimum absolute atomic E-state index is 0.250. The Kier molecular flexibility index (Phi) is 3.97. The van der Waals surface area contributed by atoms with Crippen LogP contribution < -0.4 is 10.2 Å². The first-order chi connectivity index (χ1) is 9.08. The molecule has 0 spiro atoms. The highest BCUT2D eigenvalue weighted by atomic mass is 35.5. The topological polar surface area (TPSA) is 58.1 Å². The maximum Gasteiger partial charge on any atom is 0.257 e. The van der Waals surface area contributed by atoms with Crippen molar-refractivity contribution in [1.82, 2.24) is 10.2 Å². The Morgan fingerprint density at radius 3 is 2.68 bits per heavy atom. The highest BCUT2D eigenvalue weighted by Crippen LogP contribution is 2.28. The smallest absolute Gasteiger partial charge is 0.257 e. The number of carbonyl (C=O) groups is 1. The number of anilines is 2. The monoisotopic (exact) mass is 276 g/mol. The Labute approximate surface area is 116 Å². The van der Waals surface area contributed by atoms with Gasteiger partial charge in [0.2, 0.25) is 0 Å². The molecule has 0 unspecified atom stereocenters. The van der Waals surface area contributed by atoms with E-state index in [9.17, 15) is 4.79 Å². The van der Waals surface area contributed by atoms with Gasteiger partial charge in [0, 0.05) is 19.1 Å². The van der Waals surface area contributed by atoms with Gasteiger partial charge in [-0.1, -0.05) is 11.6 Å². The fraction of sp³-hybridized carbons (Fsp3) is 0.154. The summed E-state index contributed by atoms with van der Waals surface area (Å²) in [4.78, 5) is 14.0. The summed E-state index contributed by atoms with van der Waals surface area (Å²) in [7, 11) is 3.79. The number of amides is 1. The van der Waals surface area contributed by atoms with Crippen LogP contribution in [0.15, 0.2) is 36.7 Å². The van der Waals surface area contributed by atoms with Crippen LogP contribution in [-0.4, -0.2) is 30.2 Å². The predicted molar refractivity (Wildman–Crippen MR) is 75.8 cm³/mol. The molecule has 5 nitrogen and oxygen atoms in total. The zero-order valence-electron chi connectivity index (χ0n) is 10.6. The fourth-order valence-corrected chi connectivity index (χ4v) is 1.79. The van der Waals surface area contributed by atoms with Gasteiger partial charge >= 0.3 is 0 Å². The average molecular weight is 277 g/mol. The van der Waals surface area contributed by atoms with Crippen LogP contribution in [0.1, 0.15) is 10.4 Å². The Morgan fingerprint density at radius 1 is 1.26 bits per heavy atom. The Balaban J connectivity index is 2.28. The molecule has 0 aliphatic heterocycles. The lowest BCUT2D eigenvalue weighted by molar-refractivity contribution is 0.102. The summed E-state index contributed by atoms with van der Waals surface area (Å²) in [6.07, 6.45) is 2.88. The first-order valence-electron chi connectivity index (χ1n) is 5.63. The van der Waals surface area contributed by atoms with Gasteiger partial charge in [0.05, 0.1) is 29.3 Å². The van der Waals surface area contributed by atoms with Crippen LogP contribution in [-0.2, 0) is 0 Å². The number of halogens is 1. The molecule has 0 bridgehead atoms. The summed E-state index contributed by atoms with van der Waals surface area (Å²) >= 11 is 5.96. The zero-order chi connectivity index (χ0) is 13.8. The average Bonchev–Trinajstić information content (AvgIpc) is 2.39. The highest BCUT2D eigenvalue weighted by Gasteiger charge is 2.11. The molecule has 0 saturated carbocycles. The second-order valence-corrected chi connectivity index (χ2v) is 4.58. The maximum atomic E-state index is 12.1. The van der Waals surface area contributed by atoms with E-state index in [-0.39, 0.29) is 5.91 Å². The molecule has 1 amide bonds. The predicted octanol–water partition coefficient (Wildman–Crippen LogP) is 2.45. The van der Waals surface area contributed by atoms with Crippen molar-refractivity contribution in [2.45, 2.75) is 0 Å². The molecule has 1 aromatic heterocycles. The second kappa shape index (κ2) is 5.67. The summed E-state index contributed by atoms with van der Waals surface area (Å²) in [5, 5.41) is 10.7. The van der Waals surface area contributed by atoms with Gasteiger partial charge in [0.25, 0.3) is 5.91 Å². The lowest BCUT2D eigenvalue weighted by Gasteiger charge is -2.18. The molecule has 0 radical (unpaired) electrons. The summed E-state index contributed by atoms with van der Waals surface area (Å²) < 4.78 is 0. The van der Waals surface area contributed by atoms with Crippen LogP contribution in [0.5, 0.6) is 0 Å². The number of hydrogen-bond donors (Lipinski definition) is 1. The minimum atomic E-state index is -0.250. The fourth-order valence-electron chi connectivity index (χ4n) is 1.62.